The molecule has 0 aromatic carbocycles. The fourth-order valence-corrected chi connectivity index (χ4v) is 2.15. The number of nitrogens with zero attached hydrogens (tertiary/aromatic N) is 2. The summed E-state index contributed by atoms with van der Waals surface area (Å²) in [5.74, 6) is -0.867. The summed E-state index contributed by atoms with van der Waals surface area (Å²) in [6.45, 7) is 5.85. The van der Waals surface area contributed by atoms with Crippen molar-refractivity contribution < 1.29 is 19.8 Å². The summed E-state index contributed by atoms with van der Waals surface area (Å²) in [4.78, 5) is 26.7. The van der Waals surface area contributed by atoms with Crippen LogP contribution in [0.2, 0.25) is 0 Å². The molecule has 2 amide bonds. The zero-order valence-electron chi connectivity index (χ0n) is 12.1. The summed E-state index contributed by atoms with van der Waals surface area (Å²) in [5, 5.41) is 18.5. The SMILES string of the molecule is CN(C(=O)N1CCCC(C)(C(=O)O)C1)C(C)(C)CO. The minimum Gasteiger partial charge on any atom is -0.481 e. The summed E-state index contributed by atoms with van der Waals surface area (Å²) < 4.78 is 0. The molecule has 1 atom stereocenters. The fraction of sp³-hybridized carbons (Fsp3) is 0.846. The maximum absolute atomic E-state index is 12.4. The maximum Gasteiger partial charge on any atom is 0.320 e. The van der Waals surface area contributed by atoms with E-state index in [4.69, 9.17) is 0 Å². The smallest absolute Gasteiger partial charge is 0.320 e. The average Bonchev–Trinajstić information content (AvgIpc) is 2.36. The Bertz CT molecular complexity index is 370. The fourth-order valence-electron chi connectivity index (χ4n) is 2.15. The van der Waals surface area contributed by atoms with Gasteiger partial charge in [0.25, 0.3) is 0 Å². The van der Waals surface area contributed by atoms with E-state index >= 15 is 0 Å². The number of carboxylic acids is 1. The van der Waals surface area contributed by atoms with E-state index < -0.39 is 16.9 Å². The Morgan fingerprint density at radius 3 is 2.47 bits per heavy atom. The second kappa shape index (κ2) is 5.36. The third kappa shape index (κ3) is 3.18. The first-order valence-electron chi connectivity index (χ1n) is 6.51. The Balaban J connectivity index is 2.81. The van der Waals surface area contributed by atoms with Gasteiger partial charge < -0.3 is 20.0 Å². The Morgan fingerprint density at radius 2 is 2.00 bits per heavy atom. The number of urea groups is 1. The first kappa shape index (κ1) is 15.8. The number of likely N-dealkylation sites (N-methyl/N-ethyl adjacent to an activating group) is 1. The third-order valence-corrected chi connectivity index (χ3v) is 4.07. The van der Waals surface area contributed by atoms with Crippen molar-refractivity contribution in [2.45, 2.75) is 39.2 Å². The van der Waals surface area contributed by atoms with Gasteiger partial charge in [-0.3, -0.25) is 4.79 Å². The normalized spacial score (nSPS) is 24.2. The van der Waals surface area contributed by atoms with E-state index in [0.29, 0.717) is 19.4 Å². The predicted octanol–water partition coefficient (Wildman–Crippen LogP) is 0.996. The molecule has 1 rings (SSSR count). The highest BCUT2D eigenvalue weighted by atomic mass is 16.4. The molecule has 1 saturated heterocycles. The van der Waals surface area contributed by atoms with Crippen LogP contribution in [0.3, 0.4) is 0 Å². The largest absolute Gasteiger partial charge is 0.481 e. The lowest BCUT2D eigenvalue weighted by Crippen LogP contribution is -2.57. The molecule has 0 saturated carbocycles. The molecular formula is C13H24N2O4. The van der Waals surface area contributed by atoms with Crippen LogP contribution in [0.1, 0.15) is 33.6 Å². The van der Waals surface area contributed by atoms with Gasteiger partial charge in [0.2, 0.25) is 0 Å². The van der Waals surface area contributed by atoms with Crippen molar-refractivity contribution in [3.63, 3.8) is 0 Å². The standard InChI is InChI=1S/C13H24N2O4/c1-12(2,9-16)14(4)11(19)15-7-5-6-13(3,8-15)10(17)18/h16H,5-9H2,1-4H3,(H,17,18). The second-order valence-corrected chi connectivity index (χ2v) is 6.20. The predicted molar refractivity (Wildman–Crippen MR) is 70.9 cm³/mol. The molecule has 2 N–H and O–H groups in total. The van der Waals surface area contributed by atoms with Crippen LogP contribution in [0, 0.1) is 5.41 Å². The summed E-state index contributed by atoms with van der Waals surface area (Å²) in [6, 6.07) is -0.230. The number of hydrogen-bond donors (Lipinski definition) is 2. The number of carbonyl (C=O) groups is 2. The summed E-state index contributed by atoms with van der Waals surface area (Å²) >= 11 is 0. The van der Waals surface area contributed by atoms with Crippen LogP contribution < -0.4 is 0 Å². The van der Waals surface area contributed by atoms with Crippen molar-refractivity contribution >= 4 is 12.0 Å². The molecular weight excluding hydrogens is 248 g/mol. The van der Waals surface area contributed by atoms with E-state index in [-0.39, 0.29) is 19.2 Å². The van der Waals surface area contributed by atoms with Gasteiger partial charge in [-0.05, 0) is 33.6 Å². The zero-order chi connectivity index (χ0) is 14.8. The summed E-state index contributed by atoms with van der Waals surface area (Å²) in [7, 11) is 1.63. The van der Waals surface area contributed by atoms with E-state index in [2.05, 4.69) is 0 Å². The minimum absolute atomic E-state index is 0.140. The molecule has 0 spiro atoms. The Hall–Kier alpha value is -1.30. The van der Waals surface area contributed by atoms with Gasteiger partial charge in [0.05, 0.1) is 17.6 Å². The lowest BCUT2D eigenvalue weighted by molar-refractivity contribution is -0.150. The van der Waals surface area contributed by atoms with Gasteiger partial charge in [0.15, 0.2) is 0 Å². The number of amides is 2. The Labute approximate surface area is 114 Å². The molecule has 6 nitrogen and oxygen atoms in total. The van der Waals surface area contributed by atoms with E-state index in [9.17, 15) is 19.8 Å². The van der Waals surface area contributed by atoms with Crippen LogP contribution >= 0.6 is 0 Å². The maximum atomic E-state index is 12.4. The van der Waals surface area contributed by atoms with Gasteiger partial charge in [-0.2, -0.15) is 0 Å². The highest BCUT2D eigenvalue weighted by Crippen LogP contribution is 2.30. The van der Waals surface area contributed by atoms with E-state index in [1.807, 2.05) is 0 Å². The number of aliphatic hydroxyl groups excluding tert-OH is 1. The van der Waals surface area contributed by atoms with Crippen LogP contribution in [0.5, 0.6) is 0 Å². The van der Waals surface area contributed by atoms with Crippen LogP contribution in [0.25, 0.3) is 0 Å². The van der Waals surface area contributed by atoms with Crippen LogP contribution in [-0.4, -0.2) is 64.3 Å². The average molecular weight is 272 g/mol. The lowest BCUT2D eigenvalue weighted by Gasteiger charge is -2.42. The number of hydrogen-bond acceptors (Lipinski definition) is 3. The van der Waals surface area contributed by atoms with Crippen LogP contribution in [0.15, 0.2) is 0 Å². The topological polar surface area (TPSA) is 81.1 Å². The van der Waals surface area contributed by atoms with Crippen LogP contribution in [-0.2, 0) is 4.79 Å². The number of piperidine rings is 1. The molecule has 0 aliphatic carbocycles. The van der Waals surface area contributed by atoms with Gasteiger partial charge in [-0.15, -0.1) is 0 Å². The molecule has 0 aromatic heterocycles. The van der Waals surface area contributed by atoms with Crippen molar-refractivity contribution in [1.82, 2.24) is 9.80 Å². The monoisotopic (exact) mass is 272 g/mol. The molecule has 1 heterocycles. The molecule has 1 aliphatic rings. The Morgan fingerprint density at radius 1 is 1.42 bits per heavy atom. The Kier molecular flexibility index (Phi) is 4.45. The van der Waals surface area contributed by atoms with E-state index in [0.717, 1.165) is 0 Å². The zero-order valence-corrected chi connectivity index (χ0v) is 12.1. The first-order chi connectivity index (χ1) is 8.64. The summed E-state index contributed by atoms with van der Waals surface area (Å²) in [5.41, 5.74) is -1.54. The quantitative estimate of drug-likeness (QED) is 0.803. The van der Waals surface area contributed by atoms with Crippen molar-refractivity contribution in [3.8, 4) is 0 Å². The first-order valence-corrected chi connectivity index (χ1v) is 6.51. The second-order valence-electron chi connectivity index (χ2n) is 6.20. The third-order valence-electron chi connectivity index (χ3n) is 4.07. The number of likely N-dealkylation sites (tertiary alicyclic amines) is 1. The summed E-state index contributed by atoms with van der Waals surface area (Å²) in [6.07, 6.45) is 1.27. The van der Waals surface area contributed by atoms with Gasteiger partial charge in [-0.1, -0.05) is 0 Å². The van der Waals surface area contributed by atoms with E-state index in [1.54, 1.807) is 32.7 Å². The van der Waals surface area contributed by atoms with Gasteiger partial charge >= 0.3 is 12.0 Å². The highest BCUT2D eigenvalue weighted by molar-refractivity contribution is 5.78. The number of aliphatic hydroxyl groups is 1. The highest BCUT2D eigenvalue weighted by Gasteiger charge is 2.41. The van der Waals surface area contributed by atoms with Crippen molar-refractivity contribution in [2.24, 2.45) is 5.41 Å². The van der Waals surface area contributed by atoms with Crippen molar-refractivity contribution in [2.75, 3.05) is 26.7 Å². The number of aliphatic carboxylic acids is 1. The molecule has 6 heteroatoms. The van der Waals surface area contributed by atoms with Crippen molar-refractivity contribution in [3.05, 3.63) is 0 Å². The van der Waals surface area contributed by atoms with Gasteiger partial charge in [0, 0.05) is 20.1 Å². The number of carbonyl (C=O) groups excluding carboxylic acids is 1. The molecule has 0 aromatic rings. The van der Waals surface area contributed by atoms with Gasteiger partial charge in [-0.25, -0.2) is 4.79 Å². The van der Waals surface area contributed by atoms with E-state index in [1.165, 1.54) is 4.90 Å². The molecule has 0 bridgehead atoms. The van der Waals surface area contributed by atoms with Crippen LogP contribution in [0.4, 0.5) is 4.79 Å². The molecule has 1 aliphatic heterocycles. The molecule has 1 fully saturated rings. The molecule has 1 unspecified atom stereocenters. The molecule has 19 heavy (non-hydrogen) atoms. The van der Waals surface area contributed by atoms with Crippen molar-refractivity contribution in [1.29, 1.82) is 0 Å². The molecule has 110 valence electrons. The number of carboxylic acid groups (broad SMARTS) is 1. The molecule has 0 radical (unpaired) electrons. The lowest BCUT2D eigenvalue weighted by atomic mass is 9.82. The minimum atomic E-state index is -0.877. The number of rotatable bonds is 3. The van der Waals surface area contributed by atoms with Gasteiger partial charge in [0.1, 0.15) is 0 Å².